The van der Waals surface area contributed by atoms with Crippen molar-refractivity contribution in [2.24, 2.45) is 5.73 Å². The number of carbonyl (C=O) groups excluding carboxylic acids is 1. The van der Waals surface area contributed by atoms with Crippen molar-refractivity contribution in [3.8, 4) is 5.75 Å². The van der Waals surface area contributed by atoms with E-state index in [1.165, 1.54) is 0 Å². The summed E-state index contributed by atoms with van der Waals surface area (Å²) >= 11 is 0. The predicted molar refractivity (Wildman–Crippen MR) is 71.1 cm³/mol. The second kappa shape index (κ2) is 6.34. The van der Waals surface area contributed by atoms with Gasteiger partial charge in [0.25, 0.3) is 5.91 Å². The van der Waals surface area contributed by atoms with Crippen molar-refractivity contribution in [2.45, 2.75) is 19.0 Å². The van der Waals surface area contributed by atoms with E-state index in [4.69, 9.17) is 10.5 Å². The van der Waals surface area contributed by atoms with E-state index in [-0.39, 0.29) is 11.3 Å². The first-order valence-corrected chi connectivity index (χ1v) is 6.74. The lowest BCUT2D eigenvalue weighted by Gasteiger charge is -2.16. The summed E-state index contributed by atoms with van der Waals surface area (Å²) in [6, 6.07) is 2.76. The molecule has 1 heterocycles. The van der Waals surface area contributed by atoms with Crippen molar-refractivity contribution < 1.29 is 22.7 Å². The maximum Gasteiger partial charge on any atom is 0.416 e. The van der Waals surface area contributed by atoms with E-state index < -0.39 is 17.6 Å². The van der Waals surface area contributed by atoms with E-state index in [9.17, 15) is 18.0 Å². The number of nitrogens with zero attached hydrogens (tertiary/aromatic N) is 1. The summed E-state index contributed by atoms with van der Waals surface area (Å²) in [6.07, 6.45) is -2.22. The average Bonchev–Trinajstić information content (AvgIpc) is 2.90. The highest BCUT2D eigenvalue weighted by Gasteiger charge is 2.31. The lowest BCUT2D eigenvalue weighted by Crippen LogP contribution is -2.25. The quantitative estimate of drug-likeness (QED) is 0.908. The number of likely N-dealkylation sites (tertiary alicyclic amines) is 1. The first kappa shape index (κ1) is 15.6. The maximum absolute atomic E-state index is 12.6. The van der Waals surface area contributed by atoms with Crippen LogP contribution in [-0.2, 0) is 6.18 Å². The molecule has 7 heteroatoms. The maximum atomic E-state index is 12.6. The Labute approximate surface area is 120 Å². The van der Waals surface area contributed by atoms with Crippen LogP contribution in [0.15, 0.2) is 18.2 Å². The predicted octanol–water partition coefficient (Wildman–Crippen LogP) is 2.28. The zero-order valence-corrected chi connectivity index (χ0v) is 11.4. The summed E-state index contributed by atoms with van der Waals surface area (Å²) in [5.74, 6) is -0.841. The van der Waals surface area contributed by atoms with Gasteiger partial charge < -0.3 is 10.5 Å². The molecule has 0 saturated carbocycles. The number of rotatable bonds is 5. The fraction of sp³-hybridized carbons (Fsp3) is 0.500. The molecule has 1 fully saturated rings. The summed E-state index contributed by atoms with van der Waals surface area (Å²) in [5, 5.41) is 0. The van der Waals surface area contributed by atoms with Gasteiger partial charge in [0.05, 0.1) is 11.1 Å². The zero-order chi connectivity index (χ0) is 15.5. The second-order valence-corrected chi connectivity index (χ2v) is 4.97. The molecule has 0 atom stereocenters. The Bertz CT molecular complexity index is 511. The van der Waals surface area contributed by atoms with Crippen LogP contribution in [0.2, 0.25) is 0 Å². The van der Waals surface area contributed by atoms with Crippen molar-refractivity contribution >= 4 is 5.91 Å². The molecule has 1 aliphatic heterocycles. The van der Waals surface area contributed by atoms with Gasteiger partial charge in [0.15, 0.2) is 0 Å². The molecule has 4 nitrogen and oxygen atoms in total. The number of benzene rings is 1. The molecule has 2 N–H and O–H groups in total. The third-order valence-electron chi connectivity index (χ3n) is 3.44. The van der Waals surface area contributed by atoms with Crippen LogP contribution in [0, 0.1) is 0 Å². The first-order chi connectivity index (χ1) is 9.88. The third-order valence-corrected chi connectivity index (χ3v) is 3.44. The Morgan fingerprint density at radius 3 is 2.52 bits per heavy atom. The van der Waals surface area contributed by atoms with Crippen molar-refractivity contribution in [3.63, 3.8) is 0 Å². The first-order valence-electron chi connectivity index (χ1n) is 6.74. The molecule has 0 spiro atoms. The number of hydrogen-bond donors (Lipinski definition) is 1. The van der Waals surface area contributed by atoms with E-state index in [1.54, 1.807) is 0 Å². The highest BCUT2D eigenvalue weighted by atomic mass is 19.4. The molecular weight excluding hydrogens is 285 g/mol. The monoisotopic (exact) mass is 302 g/mol. The van der Waals surface area contributed by atoms with E-state index in [2.05, 4.69) is 4.90 Å². The Morgan fingerprint density at radius 1 is 1.29 bits per heavy atom. The smallest absolute Gasteiger partial charge is 0.416 e. The summed E-state index contributed by atoms with van der Waals surface area (Å²) in [5.41, 5.74) is 3.97. The van der Waals surface area contributed by atoms with Crippen LogP contribution in [0.1, 0.15) is 28.8 Å². The number of halogens is 3. The van der Waals surface area contributed by atoms with Gasteiger partial charge in [-0.1, -0.05) is 0 Å². The van der Waals surface area contributed by atoms with Gasteiger partial charge in [-0.25, -0.2) is 0 Å². The number of amides is 1. The third kappa shape index (κ3) is 4.10. The number of primary amides is 1. The molecule has 1 aromatic rings. The van der Waals surface area contributed by atoms with Crippen molar-refractivity contribution in [1.29, 1.82) is 0 Å². The van der Waals surface area contributed by atoms with Crippen LogP contribution in [0.5, 0.6) is 5.75 Å². The van der Waals surface area contributed by atoms with Gasteiger partial charge in [0.2, 0.25) is 0 Å². The molecule has 0 aromatic heterocycles. The van der Waals surface area contributed by atoms with Gasteiger partial charge in [-0.2, -0.15) is 13.2 Å². The summed E-state index contributed by atoms with van der Waals surface area (Å²) < 4.78 is 43.3. The van der Waals surface area contributed by atoms with Crippen LogP contribution in [0.25, 0.3) is 0 Å². The molecule has 1 aromatic carbocycles. The number of alkyl halides is 3. The van der Waals surface area contributed by atoms with Crippen molar-refractivity contribution in [2.75, 3.05) is 26.2 Å². The summed E-state index contributed by atoms with van der Waals surface area (Å²) in [4.78, 5) is 13.5. The van der Waals surface area contributed by atoms with Gasteiger partial charge in [-0.15, -0.1) is 0 Å². The van der Waals surface area contributed by atoms with Gasteiger partial charge in [0.1, 0.15) is 12.4 Å². The largest absolute Gasteiger partial charge is 0.491 e. The fourth-order valence-corrected chi connectivity index (χ4v) is 2.32. The Morgan fingerprint density at radius 2 is 1.95 bits per heavy atom. The molecule has 2 rings (SSSR count). The minimum Gasteiger partial charge on any atom is -0.491 e. The topological polar surface area (TPSA) is 55.6 Å². The van der Waals surface area contributed by atoms with E-state index >= 15 is 0 Å². The van der Waals surface area contributed by atoms with E-state index in [1.807, 2.05) is 0 Å². The van der Waals surface area contributed by atoms with Crippen LogP contribution in [-0.4, -0.2) is 37.0 Å². The molecular formula is C14H17F3N2O2. The van der Waals surface area contributed by atoms with Gasteiger partial charge >= 0.3 is 6.18 Å². The Balaban J connectivity index is 2.05. The lowest BCUT2D eigenvalue weighted by molar-refractivity contribution is -0.137. The van der Waals surface area contributed by atoms with Crippen LogP contribution in [0.4, 0.5) is 13.2 Å². The molecule has 116 valence electrons. The van der Waals surface area contributed by atoms with Crippen molar-refractivity contribution in [1.82, 2.24) is 4.90 Å². The fourth-order valence-electron chi connectivity index (χ4n) is 2.32. The molecule has 0 radical (unpaired) electrons. The molecule has 21 heavy (non-hydrogen) atoms. The van der Waals surface area contributed by atoms with Gasteiger partial charge in [-0.3, -0.25) is 9.69 Å². The van der Waals surface area contributed by atoms with Crippen LogP contribution >= 0.6 is 0 Å². The van der Waals surface area contributed by atoms with E-state index in [0.717, 1.165) is 44.1 Å². The minimum absolute atomic E-state index is 0.0923. The number of hydrogen-bond acceptors (Lipinski definition) is 3. The molecule has 1 amide bonds. The highest BCUT2D eigenvalue weighted by molar-refractivity contribution is 5.95. The van der Waals surface area contributed by atoms with Gasteiger partial charge in [-0.05, 0) is 44.1 Å². The molecule has 0 aliphatic carbocycles. The molecule has 0 bridgehead atoms. The molecule has 0 unspecified atom stereocenters. The number of ether oxygens (including phenoxy) is 1. The average molecular weight is 302 g/mol. The number of carbonyl (C=O) groups is 1. The lowest BCUT2D eigenvalue weighted by atomic mass is 10.1. The Kier molecular flexibility index (Phi) is 4.72. The highest BCUT2D eigenvalue weighted by Crippen LogP contribution is 2.32. The van der Waals surface area contributed by atoms with E-state index in [0.29, 0.717) is 13.2 Å². The minimum atomic E-state index is -4.52. The standard InChI is InChI=1S/C14H17F3N2O2/c15-14(16,17)10-3-4-12(11(9-10)13(18)20)21-8-7-19-5-1-2-6-19/h3-4,9H,1-2,5-8H2,(H2,18,20). The summed E-state index contributed by atoms with van der Waals surface area (Å²) in [7, 11) is 0. The molecule has 1 aliphatic rings. The zero-order valence-electron chi connectivity index (χ0n) is 11.4. The normalized spacial score (nSPS) is 16.1. The van der Waals surface area contributed by atoms with Crippen LogP contribution in [0.3, 0.4) is 0 Å². The van der Waals surface area contributed by atoms with Gasteiger partial charge in [0, 0.05) is 6.54 Å². The van der Waals surface area contributed by atoms with Crippen molar-refractivity contribution in [3.05, 3.63) is 29.3 Å². The Hall–Kier alpha value is -1.76. The SMILES string of the molecule is NC(=O)c1cc(C(F)(F)F)ccc1OCCN1CCCC1. The number of nitrogens with two attached hydrogens (primary N) is 1. The molecule has 1 saturated heterocycles. The summed E-state index contributed by atoms with van der Waals surface area (Å²) in [6.45, 7) is 2.99. The van der Waals surface area contributed by atoms with Crippen LogP contribution < -0.4 is 10.5 Å². The second-order valence-electron chi connectivity index (χ2n) is 4.97.